The molecular weight excluding hydrogens is 555 g/mol. The Morgan fingerprint density at radius 3 is 2.17 bits per heavy atom. The van der Waals surface area contributed by atoms with Gasteiger partial charge in [0.2, 0.25) is 0 Å². The van der Waals surface area contributed by atoms with Crippen LogP contribution in [0.5, 0.6) is 5.75 Å². The summed E-state index contributed by atoms with van der Waals surface area (Å²) < 4.78 is 12.3. The molecule has 42 heavy (non-hydrogen) atoms. The van der Waals surface area contributed by atoms with Gasteiger partial charge in [0.25, 0.3) is 5.56 Å². The molecule has 0 fully saturated rings. The Morgan fingerprint density at radius 1 is 0.905 bits per heavy atom. The molecule has 0 aliphatic carbocycles. The summed E-state index contributed by atoms with van der Waals surface area (Å²) in [4.78, 5) is 33.2. The molecule has 2 aromatic heterocycles. The standard InChI is InChI=1S/C33H34N4O4.K.H/c1-5-9-29-34-28(6-2)30(24-16-18-25(19-17-24)40-21(3)4)32(38)37(29)20-22-12-14-23(15-13-22)26-10-7-8-11-27(26)31-35-33(39)41-36-31;;/h7-8,10-19,21H,5-6,9,20H2,1-4H3,(H,35,36,39);;. The SMILES string of the molecule is CCCc1nc(CC)c(-c2ccc(OC(C)C)cc2)c(=O)n1Cc1ccc(-c2ccccc2-c2noc(=O)[nH]2)cc1.[KH]. The van der Waals surface area contributed by atoms with Crippen molar-refractivity contribution in [3.05, 3.63) is 111 Å². The fraction of sp³-hybridized carbons (Fsp3) is 0.273. The van der Waals surface area contributed by atoms with Crippen LogP contribution in [-0.4, -0.2) is 77.2 Å². The molecule has 9 heteroatoms. The van der Waals surface area contributed by atoms with Crippen molar-refractivity contribution in [2.75, 3.05) is 0 Å². The van der Waals surface area contributed by atoms with E-state index in [-0.39, 0.29) is 63.0 Å². The Kier molecular flexibility index (Phi) is 10.9. The maximum atomic E-state index is 14.1. The Morgan fingerprint density at radius 2 is 1.57 bits per heavy atom. The van der Waals surface area contributed by atoms with Crippen LogP contribution < -0.4 is 16.1 Å². The zero-order valence-corrected chi connectivity index (χ0v) is 23.8. The quantitative estimate of drug-likeness (QED) is 0.212. The molecule has 3 aromatic carbocycles. The van der Waals surface area contributed by atoms with Crippen LogP contribution >= 0.6 is 0 Å². The van der Waals surface area contributed by atoms with Gasteiger partial charge in [0, 0.05) is 12.0 Å². The summed E-state index contributed by atoms with van der Waals surface area (Å²) in [6.45, 7) is 8.51. The molecular formula is C33H35KN4O4. The molecule has 5 rings (SSSR count). The molecule has 0 unspecified atom stereocenters. The van der Waals surface area contributed by atoms with Crippen LogP contribution in [-0.2, 0) is 19.4 Å². The maximum absolute atomic E-state index is 14.1. The van der Waals surface area contributed by atoms with Crippen molar-refractivity contribution in [3.8, 4) is 39.4 Å². The van der Waals surface area contributed by atoms with Gasteiger partial charge < -0.3 is 4.74 Å². The first-order valence-electron chi connectivity index (χ1n) is 14.0. The number of aromatic amines is 1. The Balaban J connectivity index is 0.00000405. The summed E-state index contributed by atoms with van der Waals surface area (Å²) in [5.74, 6) is 1.35. The second-order valence-corrected chi connectivity index (χ2v) is 10.2. The molecule has 5 aromatic rings. The van der Waals surface area contributed by atoms with Gasteiger partial charge in [-0.15, -0.1) is 0 Å². The number of hydrogen-bond acceptors (Lipinski definition) is 6. The molecule has 0 atom stereocenters. The van der Waals surface area contributed by atoms with E-state index in [0.29, 0.717) is 30.8 Å². The summed E-state index contributed by atoms with van der Waals surface area (Å²) in [5.41, 5.74) is 5.86. The summed E-state index contributed by atoms with van der Waals surface area (Å²) >= 11 is 0. The average molecular weight is 591 g/mol. The normalized spacial score (nSPS) is 11.0. The third-order valence-corrected chi connectivity index (χ3v) is 6.87. The second kappa shape index (κ2) is 14.4. The number of aromatic nitrogens is 4. The van der Waals surface area contributed by atoms with Crippen molar-refractivity contribution >= 4 is 51.4 Å². The first kappa shape index (κ1) is 31.8. The van der Waals surface area contributed by atoms with E-state index in [1.54, 1.807) is 4.57 Å². The number of H-pyrrole nitrogens is 1. The fourth-order valence-electron chi connectivity index (χ4n) is 5.00. The summed E-state index contributed by atoms with van der Waals surface area (Å²) in [6.07, 6.45) is 2.34. The van der Waals surface area contributed by atoms with E-state index in [0.717, 1.165) is 51.5 Å². The number of aryl methyl sites for hydroxylation is 2. The monoisotopic (exact) mass is 590 g/mol. The minimum atomic E-state index is -0.597. The average Bonchev–Trinajstić information content (AvgIpc) is 3.41. The minimum absolute atomic E-state index is 0. The molecule has 0 aliphatic heterocycles. The van der Waals surface area contributed by atoms with Gasteiger partial charge in [-0.2, -0.15) is 0 Å². The van der Waals surface area contributed by atoms with Gasteiger partial charge >= 0.3 is 57.1 Å². The van der Waals surface area contributed by atoms with Crippen LogP contribution in [0, 0.1) is 0 Å². The molecule has 0 bridgehead atoms. The number of rotatable bonds is 10. The molecule has 0 aliphatic rings. The number of ether oxygens (including phenoxy) is 1. The van der Waals surface area contributed by atoms with Gasteiger partial charge in [-0.25, -0.2) is 9.78 Å². The zero-order chi connectivity index (χ0) is 28.9. The van der Waals surface area contributed by atoms with Crippen LogP contribution in [0.2, 0.25) is 0 Å². The number of benzene rings is 3. The molecule has 0 saturated heterocycles. The van der Waals surface area contributed by atoms with Crippen molar-refractivity contribution in [1.82, 2.24) is 19.7 Å². The molecule has 0 spiro atoms. The van der Waals surface area contributed by atoms with E-state index in [9.17, 15) is 9.59 Å². The molecule has 2 heterocycles. The van der Waals surface area contributed by atoms with E-state index in [1.807, 2.05) is 93.6 Å². The van der Waals surface area contributed by atoms with Crippen LogP contribution in [0.3, 0.4) is 0 Å². The predicted octanol–water partition coefficient (Wildman–Crippen LogP) is 5.62. The molecule has 0 amide bonds. The number of nitrogens with one attached hydrogen (secondary N) is 1. The summed E-state index contributed by atoms with van der Waals surface area (Å²) in [6, 6.07) is 23.4. The summed E-state index contributed by atoms with van der Waals surface area (Å²) in [5, 5.41) is 3.85. The second-order valence-electron chi connectivity index (χ2n) is 10.2. The fourth-order valence-corrected chi connectivity index (χ4v) is 5.00. The molecule has 8 nitrogen and oxygen atoms in total. The molecule has 0 saturated carbocycles. The first-order chi connectivity index (χ1) is 19.9. The van der Waals surface area contributed by atoms with Crippen LogP contribution in [0.1, 0.15) is 51.2 Å². The number of nitrogens with zero attached hydrogens (tertiary/aromatic N) is 3. The topological polar surface area (TPSA) is 103 Å². The zero-order valence-electron chi connectivity index (χ0n) is 23.8. The van der Waals surface area contributed by atoms with E-state index in [2.05, 4.69) is 17.1 Å². The van der Waals surface area contributed by atoms with Gasteiger partial charge in [-0.1, -0.05) is 79.7 Å². The van der Waals surface area contributed by atoms with Crippen molar-refractivity contribution < 1.29 is 9.26 Å². The Hall–Kier alpha value is -3.08. The third kappa shape index (κ3) is 7.10. The van der Waals surface area contributed by atoms with Crippen molar-refractivity contribution in [3.63, 3.8) is 0 Å². The van der Waals surface area contributed by atoms with E-state index in [1.165, 1.54) is 0 Å². The van der Waals surface area contributed by atoms with Gasteiger partial charge in [0.15, 0.2) is 5.82 Å². The Bertz CT molecular complexity index is 1750. The molecule has 1 N–H and O–H groups in total. The van der Waals surface area contributed by atoms with Gasteiger partial charge in [-0.05, 0) is 61.1 Å². The van der Waals surface area contributed by atoms with Crippen molar-refractivity contribution in [1.29, 1.82) is 0 Å². The van der Waals surface area contributed by atoms with Gasteiger partial charge in [0.1, 0.15) is 11.6 Å². The van der Waals surface area contributed by atoms with E-state index >= 15 is 0 Å². The van der Waals surface area contributed by atoms with Crippen LogP contribution in [0.25, 0.3) is 33.6 Å². The van der Waals surface area contributed by atoms with Crippen molar-refractivity contribution in [2.24, 2.45) is 0 Å². The Labute approximate surface area is 287 Å². The number of hydrogen-bond donors (Lipinski definition) is 1. The van der Waals surface area contributed by atoms with Crippen molar-refractivity contribution in [2.45, 2.75) is 59.6 Å². The summed E-state index contributed by atoms with van der Waals surface area (Å²) in [7, 11) is 0. The first-order valence-corrected chi connectivity index (χ1v) is 14.0. The third-order valence-electron chi connectivity index (χ3n) is 6.87. The van der Waals surface area contributed by atoms with Crippen LogP contribution in [0.4, 0.5) is 0 Å². The van der Waals surface area contributed by atoms with E-state index in [4.69, 9.17) is 14.2 Å². The van der Waals surface area contributed by atoms with Gasteiger partial charge in [0.05, 0.1) is 23.9 Å². The predicted molar refractivity (Wildman–Crippen MR) is 167 cm³/mol. The molecule has 0 radical (unpaired) electrons. The van der Waals surface area contributed by atoms with Crippen LogP contribution in [0.15, 0.2) is 86.9 Å². The van der Waals surface area contributed by atoms with E-state index < -0.39 is 5.76 Å². The van der Waals surface area contributed by atoms with Gasteiger partial charge in [-0.3, -0.25) is 18.9 Å². The molecule has 212 valence electrons.